The lowest BCUT2D eigenvalue weighted by molar-refractivity contribution is -0.114. The van der Waals surface area contributed by atoms with Crippen LogP contribution in [0.3, 0.4) is 0 Å². The minimum absolute atomic E-state index is 0.0274. The summed E-state index contributed by atoms with van der Waals surface area (Å²) in [6, 6.07) is 6.88. The van der Waals surface area contributed by atoms with Crippen molar-refractivity contribution in [1.29, 1.82) is 0 Å². The van der Waals surface area contributed by atoms with E-state index < -0.39 is 0 Å². The molecule has 114 valence electrons. The smallest absolute Gasteiger partial charge is 0.253 e. The van der Waals surface area contributed by atoms with Crippen LogP contribution in [0.15, 0.2) is 35.2 Å². The van der Waals surface area contributed by atoms with Crippen molar-refractivity contribution in [2.75, 3.05) is 18.4 Å². The number of hydrogen-bond donors (Lipinski definition) is 1. The number of anilines is 1. The van der Waals surface area contributed by atoms with Gasteiger partial charge in [-0.15, -0.1) is 0 Å². The normalized spacial score (nSPS) is 17.5. The maximum absolute atomic E-state index is 12.5. The van der Waals surface area contributed by atoms with Gasteiger partial charge in [0.05, 0.1) is 0 Å². The summed E-state index contributed by atoms with van der Waals surface area (Å²) in [4.78, 5) is 29.3. The van der Waals surface area contributed by atoms with E-state index in [1.54, 1.807) is 29.2 Å². The summed E-state index contributed by atoms with van der Waals surface area (Å²) < 4.78 is 4.75. The van der Waals surface area contributed by atoms with E-state index in [-0.39, 0.29) is 17.7 Å². The van der Waals surface area contributed by atoms with Gasteiger partial charge in [0.1, 0.15) is 0 Å². The molecule has 1 atom stereocenters. The molecule has 0 aliphatic carbocycles. The first kappa shape index (κ1) is 14.2. The van der Waals surface area contributed by atoms with Crippen LogP contribution < -0.4 is 5.32 Å². The van der Waals surface area contributed by atoms with Crippen molar-refractivity contribution in [3.05, 3.63) is 42.0 Å². The minimum Gasteiger partial charge on any atom is -0.343 e. The van der Waals surface area contributed by atoms with Crippen LogP contribution in [0, 0.1) is 0 Å². The van der Waals surface area contributed by atoms with Crippen molar-refractivity contribution in [3.63, 3.8) is 0 Å². The van der Waals surface area contributed by atoms with Crippen molar-refractivity contribution in [3.8, 4) is 0 Å². The minimum atomic E-state index is -0.137. The Morgan fingerprint density at radius 1 is 1.32 bits per heavy atom. The number of amides is 2. The Labute approximate surface area is 127 Å². The fourth-order valence-electron chi connectivity index (χ4n) is 2.60. The van der Waals surface area contributed by atoms with E-state index in [1.165, 1.54) is 13.3 Å². The molecule has 0 spiro atoms. The Balaban J connectivity index is 1.65. The molecule has 2 amide bonds. The first-order chi connectivity index (χ1) is 10.6. The first-order valence-electron chi connectivity index (χ1n) is 7.06. The van der Waals surface area contributed by atoms with Gasteiger partial charge in [0, 0.05) is 37.2 Å². The van der Waals surface area contributed by atoms with Crippen molar-refractivity contribution < 1.29 is 14.1 Å². The molecule has 2 heterocycles. The van der Waals surface area contributed by atoms with Crippen LogP contribution in [0.2, 0.25) is 0 Å². The fraction of sp³-hybridized carbons (Fsp3) is 0.333. The second-order valence-electron chi connectivity index (χ2n) is 5.28. The SMILES string of the molecule is CC(=O)Nc1ccc(C(=O)N2CC[C@@H](c3ncon3)C2)cc1. The number of benzene rings is 1. The second kappa shape index (κ2) is 5.97. The number of nitrogens with one attached hydrogen (secondary N) is 1. The highest BCUT2D eigenvalue weighted by Crippen LogP contribution is 2.26. The summed E-state index contributed by atoms with van der Waals surface area (Å²) in [7, 11) is 0. The molecule has 0 saturated carbocycles. The van der Waals surface area contributed by atoms with Gasteiger partial charge in [-0.3, -0.25) is 9.59 Å². The van der Waals surface area contributed by atoms with Gasteiger partial charge < -0.3 is 14.7 Å². The summed E-state index contributed by atoms with van der Waals surface area (Å²) in [6.07, 6.45) is 2.13. The number of nitrogens with zero attached hydrogens (tertiary/aromatic N) is 3. The van der Waals surface area contributed by atoms with Gasteiger partial charge in [0.25, 0.3) is 5.91 Å². The van der Waals surface area contributed by atoms with Crippen LogP contribution in [-0.4, -0.2) is 39.9 Å². The van der Waals surface area contributed by atoms with E-state index in [2.05, 4.69) is 15.5 Å². The zero-order valence-corrected chi connectivity index (χ0v) is 12.2. The predicted molar refractivity (Wildman–Crippen MR) is 78.3 cm³/mol. The highest BCUT2D eigenvalue weighted by atomic mass is 16.5. The van der Waals surface area contributed by atoms with Crippen LogP contribution in [0.25, 0.3) is 0 Å². The third kappa shape index (κ3) is 2.98. The van der Waals surface area contributed by atoms with Crippen LogP contribution in [-0.2, 0) is 4.79 Å². The van der Waals surface area contributed by atoms with Crippen molar-refractivity contribution in [2.45, 2.75) is 19.3 Å². The van der Waals surface area contributed by atoms with Gasteiger partial charge in [0.2, 0.25) is 12.3 Å². The molecular weight excluding hydrogens is 284 g/mol. The molecule has 22 heavy (non-hydrogen) atoms. The predicted octanol–water partition coefficient (Wildman–Crippen LogP) is 1.66. The Hall–Kier alpha value is -2.70. The lowest BCUT2D eigenvalue weighted by atomic mass is 10.1. The van der Waals surface area contributed by atoms with E-state index >= 15 is 0 Å². The molecule has 0 unspecified atom stereocenters. The molecule has 1 aromatic carbocycles. The van der Waals surface area contributed by atoms with E-state index in [1.807, 2.05) is 0 Å². The summed E-state index contributed by atoms with van der Waals surface area (Å²) in [6.45, 7) is 2.71. The lowest BCUT2D eigenvalue weighted by Crippen LogP contribution is -2.28. The molecule has 1 aliphatic heterocycles. The highest BCUT2D eigenvalue weighted by molar-refractivity contribution is 5.95. The number of carbonyl (C=O) groups excluding carboxylic acids is 2. The Kier molecular flexibility index (Phi) is 3.86. The van der Waals surface area contributed by atoms with Gasteiger partial charge in [0.15, 0.2) is 5.82 Å². The van der Waals surface area contributed by atoms with Crippen LogP contribution in [0.1, 0.15) is 35.4 Å². The molecule has 1 saturated heterocycles. The monoisotopic (exact) mass is 300 g/mol. The zero-order valence-electron chi connectivity index (χ0n) is 12.2. The van der Waals surface area contributed by atoms with Crippen molar-refractivity contribution >= 4 is 17.5 Å². The molecule has 0 bridgehead atoms. The third-order valence-corrected chi connectivity index (χ3v) is 3.67. The molecule has 7 heteroatoms. The molecule has 2 aromatic rings. The molecule has 7 nitrogen and oxygen atoms in total. The topological polar surface area (TPSA) is 88.3 Å². The summed E-state index contributed by atoms with van der Waals surface area (Å²) >= 11 is 0. The molecule has 1 fully saturated rings. The van der Waals surface area contributed by atoms with Gasteiger partial charge >= 0.3 is 0 Å². The van der Waals surface area contributed by atoms with Gasteiger partial charge in [-0.1, -0.05) is 5.16 Å². The van der Waals surface area contributed by atoms with E-state index in [0.717, 1.165) is 6.42 Å². The van der Waals surface area contributed by atoms with Gasteiger partial charge in [-0.25, -0.2) is 0 Å². The van der Waals surface area contributed by atoms with Crippen molar-refractivity contribution in [2.24, 2.45) is 0 Å². The maximum Gasteiger partial charge on any atom is 0.253 e. The second-order valence-corrected chi connectivity index (χ2v) is 5.28. The van der Waals surface area contributed by atoms with Gasteiger partial charge in [-0.2, -0.15) is 4.98 Å². The average Bonchev–Trinajstić information content (AvgIpc) is 3.18. The lowest BCUT2D eigenvalue weighted by Gasteiger charge is -2.16. The van der Waals surface area contributed by atoms with E-state index in [9.17, 15) is 9.59 Å². The standard InChI is InChI=1S/C15H16N4O3/c1-10(20)17-13-4-2-11(3-5-13)15(21)19-7-6-12(8-19)14-16-9-22-18-14/h2-5,9,12H,6-8H2,1H3,(H,17,20)/t12-/m1/s1. The molecule has 1 aromatic heterocycles. The molecule has 0 radical (unpaired) electrons. The number of likely N-dealkylation sites (tertiary alicyclic amines) is 1. The number of rotatable bonds is 3. The average molecular weight is 300 g/mol. The largest absolute Gasteiger partial charge is 0.343 e. The Morgan fingerprint density at radius 3 is 2.73 bits per heavy atom. The number of hydrogen-bond acceptors (Lipinski definition) is 5. The summed E-state index contributed by atoms with van der Waals surface area (Å²) in [5, 5.41) is 6.51. The third-order valence-electron chi connectivity index (χ3n) is 3.67. The molecule has 1 N–H and O–H groups in total. The zero-order chi connectivity index (χ0) is 15.5. The van der Waals surface area contributed by atoms with Gasteiger partial charge in [-0.05, 0) is 30.7 Å². The first-order valence-corrected chi connectivity index (χ1v) is 7.06. The fourth-order valence-corrected chi connectivity index (χ4v) is 2.60. The summed E-state index contributed by atoms with van der Waals surface area (Å²) in [5.41, 5.74) is 1.28. The number of carbonyl (C=O) groups is 2. The molecule has 3 rings (SSSR count). The Bertz CT molecular complexity index is 667. The Morgan fingerprint density at radius 2 is 2.09 bits per heavy atom. The van der Waals surface area contributed by atoms with Crippen molar-refractivity contribution in [1.82, 2.24) is 15.0 Å². The number of aromatic nitrogens is 2. The van der Waals surface area contributed by atoms with Crippen LogP contribution in [0.4, 0.5) is 5.69 Å². The maximum atomic E-state index is 12.5. The molecule has 1 aliphatic rings. The quantitative estimate of drug-likeness (QED) is 0.931. The molecular formula is C15H16N4O3. The van der Waals surface area contributed by atoms with Crippen LogP contribution in [0.5, 0.6) is 0 Å². The van der Waals surface area contributed by atoms with E-state index in [0.29, 0.717) is 30.2 Å². The van der Waals surface area contributed by atoms with Crippen LogP contribution >= 0.6 is 0 Å². The van der Waals surface area contributed by atoms with E-state index in [4.69, 9.17) is 4.52 Å². The highest BCUT2D eigenvalue weighted by Gasteiger charge is 2.30. The summed E-state index contributed by atoms with van der Waals surface area (Å²) in [5.74, 6) is 0.611.